The molecule has 52 heavy (non-hydrogen) atoms. The first-order chi connectivity index (χ1) is 24.5. The summed E-state index contributed by atoms with van der Waals surface area (Å²) in [4.78, 5) is 0. The van der Waals surface area contributed by atoms with Gasteiger partial charge in [-0.1, -0.05) is 44.9 Å². The van der Waals surface area contributed by atoms with Gasteiger partial charge >= 0.3 is 32.6 Å². The molecule has 0 spiro atoms. The minimum Gasteiger partial charge on any atom is -0.390 e. The standard InChI is InChI=1S/C36H54F6O8S2/c37-35(38,39)33(25-14-18-29(19-15-25)49-27-8-3-1-4-9-27)23-47-51(43,44)31-12-7-13-32(22-31)52(45,46)48-24-34(36(40,41)42)26-16-20-30(21-17-26)50-28-10-5-2-6-11-28/h23-32H,1-22H2/b33-23-,34-24-. The molecule has 0 heterocycles. The van der Waals surface area contributed by atoms with Crippen LogP contribution in [0.15, 0.2) is 23.7 Å². The van der Waals surface area contributed by atoms with Crippen molar-refractivity contribution in [1.82, 2.24) is 0 Å². The first kappa shape index (κ1) is 41.6. The van der Waals surface area contributed by atoms with Crippen LogP contribution >= 0.6 is 0 Å². The predicted octanol–water partition coefficient (Wildman–Crippen LogP) is 9.70. The van der Waals surface area contributed by atoms with Gasteiger partial charge in [0, 0.05) is 0 Å². The van der Waals surface area contributed by atoms with Crippen LogP contribution in [0.2, 0.25) is 0 Å². The van der Waals surface area contributed by atoms with Gasteiger partial charge < -0.3 is 17.8 Å². The van der Waals surface area contributed by atoms with Crippen LogP contribution in [0.4, 0.5) is 26.3 Å². The highest BCUT2D eigenvalue weighted by atomic mass is 32.2. The van der Waals surface area contributed by atoms with Gasteiger partial charge in [0.25, 0.3) is 0 Å². The summed E-state index contributed by atoms with van der Waals surface area (Å²) in [6, 6.07) is 0. The quantitative estimate of drug-likeness (QED) is 0.109. The van der Waals surface area contributed by atoms with Crippen LogP contribution in [0.5, 0.6) is 0 Å². The molecule has 0 aromatic carbocycles. The van der Waals surface area contributed by atoms with E-state index in [0.717, 1.165) is 64.2 Å². The summed E-state index contributed by atoms with van der Waals surface area (Å²) in [5.74, 6) is -1.97. The normalized spacial score (nSPS) is 31.7. The second-order valence-electron chi connectivity index (χ2n) is 15.5. The number of allylic oxidation sites excluding steroid dienone is 2. The summed E-state index contributed by atoms with van der Waals surface area (Å²) in [5, 5.41) is -2.97. The molecule has 5 fully saturated rings. The van der Waals surface area contributed by atoms with Crippen molar-refractivity contribution in [3.05, 3.63) is 23.7 Å². The molecule has 0 saturated heterocycles. The molecule has 0 aliphatic heterocycles. The zero-order chi connectivity index (χ0) is 37.6. The van der Waals surface area contributed by atoms with E-state index < -0.39 is 72.5 Å². The van der Waals surface area contributed by atoms with Gasteiger partial charge in [0.15, 0.2) is 0 Å². The van der Waals surface area contributed by atoms with E-state index in [1.165, 1.54) is 0 Å². The monoisotopic (exact) mass is 792 g/mol. The SMILES string of the molecule is O=S(=O)(O/C=C(/C1CCC(OC2CCCCC2)CC1)C(F)(F)F)C1CCCC(S(=O)(=O)O/C=C(/C2CCC(OC3CCCCC3)CC2)C(F)(F)F)C1. The number of alkyl halides is 6. The number of ether oxygens (including phenoxy) is 2. The molecule has 5 saturated carbocycles. The van der Waals surface area contributed by atoms with Crippen molar-refractivity contribution >= 4 is 20.2 Å². The van der Waals surface area contributed by atoms with Crippen molar-refractivity contribution in [2.24, 2.45) is 11.8 Å². The van der Waals surface area contributed by atoms with Gasteiger partial charge in [-0.25, -0.2) is 0 Å². The summed E-state index contributed by atoms with van der Waals surface area (Å²) in [6.07, 6.45) is 2.59. The molecule has 5 rings (SSSR count). The average Bonchev–Trinajstić information content (AvgIpc) is 3.09. The minimum atomic E-state index is -4.85. The molecule has 8 nitrogen and oxygen atoms in total. The van der Waals surface area contributed by atoms with Gasteiger partial charge in [0.1, 0.15) is 12.5 Å². The highest BCUT2D eigenvalue weighted by molar-refractivity contribution is 7.88. The van der Waals surface area contributed by atoms with E-state index in [0.29, 0.717) is 25.7 Å². The van der Waals surface area contributed by atoms with E-state index in [1.807, 2.05) is 0 Å². The summed E-state index contributed by atoms with van der Waals surface area (Å²) in [7, 11) is -9.43. The summed E-state index contributed by atoms with van der Waals surface area (Å²) in [6.45, 7) is 0. The first-order valence-corrected chi connectivity index (χ1v) is 22.1. The Morgan fingerprint density at radius 1 is 0.442 bits per heavy atom. The number of rotatable bonds is 12. The maximum absolute atomic E-state index is 14.1. The van der Waals surface area contributed by atoms with Crippen LogP contribution < -0.4 is 0 Å². The lowest BCUT2D eigenvalue weighted by Crippen LogP contribution is -2.36. The fraction of sp³-hybridized carbons (Fsp3) is 0.889. The topological polar surface area (TPSA) is 105 Å². The van der Waals surface area contributed by atoms with Gasteiger partial charge in [0.2, 0.25) is 0 Å². The van der Waals surface area contributed by atoms with Crippen LogP contribution in [0.25, 0.3) is 0 Å². The lowest BCUT2D eigenvalue weighted by atomic mass is 9.82. The van der Waals surface area contributed by atoms with Crippen LogP contribution in [-0.2, 0) is 38.1 Å². The van der Waals surface area contributed by atoms with Gasteiger partial charge in [-0.3, -0.25) is 0 Å². The van der Waals surface area contributed by atoms with Gasteiger partial charge in [-0.2, -0.15) is 43.2 Å². The molecular weight excluding hydrogens is 739 g/mol. The molecule has 5 aliphatic rings. The van der Waals surface area contributed by atoms with Crippen LogP contribution in [0.3, 0.4) is 0 Å². The number of hydrogen-bond donors (Lipinski definition) is 0. The highest BCUT2D eigenvalue weighted by Gasteiger charge is 2.45. The third-order valence-electron chi connectivity index (χ3n) is 11.8. The molecule has 2 unspecified atom stereocenters. The molecule has 0 bridgehead atoms. The number of halogens is 6. The first-order valence-electron chi connectivity index (χ1n) is 19.2. The van der Waals surface area contributed by atoms with Crippen molar-refractivity contribution in [3.63, 3.8) is 0 Å². The Labute approximate surface area is 304 Å². The molecule has 0 aromatic heterocycles. The largest absolute Gasteiger partial charge is 0.415 e. The minimum absolute atomic E-state index is 0.0439. The molecule has 0 aromatic rings. The van der Waals surface area contributed by atoms with Crippen LogP contribution in [-0.4, -0.2) is 64.1 Å². The molecule has 5 aliphatic carbocycles. The Kier molecular flexibility index (Phi) is 14.4. The van der Waals surface area contributed by atoms with E-state index >= 15 is 0 Å². The van der Waals surface area contributed by atoms with Gasteiger partial charge in [0.05, 0.1) is 46.1 Å². The van der Waals surface area contributed by atoms with Gasteiger partial charge in [-0.05, 0) is 108 Å². The maximum atomic E-state index is 14.1. The lowest BCUT2D eigenvalue weighted by Gasteiger charge is -2.34. The summed E-state index contributed by atoms with van der Waals surface area (Å²) in [5.41, 5.74) is -2.20. The third kappa shape index (κ3) is 11.7. The zero-order valence-electron chi connectivity index (χ0n) is 29.7. The summed E-state index contributed by atoms with van der Waals surface area (Å²) >= 11 is 0. The molecule has 16 heteroatoms. The second kappa shape index (κ2) is 18.0. The Bertz CT molecular complexity index is 1310. The predicted molar refractivity (Wildman–Crippen MR) is 182 cm³/mol. The van der Waals surface area contributed by atoms with Crippen molar-refractivity contribution in [2.45, 2.75) is 189 Å². The Morgan fingerprint density at radius 2 is 0.769 bits per heavy atom. The molecule has 0 radical (unpaired) electrons. The zero-order valence-corrected chi connectivity index (χ0v) is 31.3. The second-order valence-corrected chi connectivity index (χ2v) is 19.2. The summed E-state index contributed by atoms with van der Waals surface area (Å²) < 4.78 is 159. The van der Waals surface area contributed by atoms with Crippen molar-refractivity contribution in [1.29, 1.82) is 0 Å². The van der Waals surface area contributed by atoms with Crippen LogP contribution in [0.1, 0.15) is 141 Å². The van der Waals surface area contributed by atoms with Crippen LogP contribution in [0, 0.1) is 11.8 Å². The maximum Gasteiger partial charge on any atom is 0.415 e. The molecule has 0 amide bonds. The Morgan fingerprint density at radius 3 is 1.10 bits per heavy atom. The Balaban J connectivity index is 1.17. The fourth-order valence-corrected chi connectivity index (χ4v) is 11.5. The molecule has 0 N–H and O–H groups in total. The molecular formula is C36H54F6O8S2. The van der Waals surface area contributed by atoms with E-state index in [9.17, 15) is 43.2 Å². The Hall–Kier alpha value is -1.52. The fourth-order valence-electron chi connectivity index (χ4n) is 8.78. The molecule has 2 atom stereocenters. The lowest BCUT2D eigenvalue weighted by molar-refractivity contribution is -0.107. The van der Waals surface area contributed by atoms with E-state index in [2.05, 4.69) is 0 Å². The van der Waals surface area contributed by atoms with Gasteiger partial charge in [-0.15, -0.1) is 0 Å². The van der Waals surface area contributed by atoms with E-state index in [4.69, 9.17) is 17.8 Å². The number of hydrogen-bond acceptors (Lipinski definition) is 8. The average molecular weight is 793 g/mol. The smallest absolute Gasteiger partial charge is 0.390 e. The highest BCUT2D eigenvalue weighted by Crippen LogP contribution is 2.43. The van der Waals surface area contributed by atoms with E-state index in [-0.39, 0.29) is 81.9 Å². The third-order valence-corrected chi connectivity index (χ3v) is 15.0. The van der Waals surface area contributed by atoms with Crippen molar-refractivity contribution in [2.75, 3.05) is 0 Å². The van der Waals surface area contributed by atoms with Crippen molar-refractivity contribution in [3.8, 4) is 0 Å². The molecule has 300 valence electrons. The van der Waals surface area contributed by atoms with Crippen molar-refractivity contribution < 1.29 is 61.0 Å². The van der Waals surface area contributed by atoms with E-state index in [1.54, 1.807) is 0 Å².